The highest BCUT2D eigenvalue weighted by Gasteiger charge is 2.14. The lowest BCUT2D eigenvalue weighted by molar-refractivity contribution is -0.148. The maximum Gasteiger partial charge on any atom is 0.343 e. The van der Waals surface area contributed by atoms with Gasteiger partial charge in [0.2, 0.25) is 0 Å². The molecule has 0 aliphatic heterocycles. The van der Waals surface area contributed by atoms with Crippen molar-refractivity contribution in [3.8, 4) is 11.5 Å². The van der Waals surface area contributed by atoms with Crippen molar-refractivity contribution >= 4 is 24.0 Å². The van der Waals surface area contributed by atoms with Crippen LogP contribution < -0.4 is 9.47 Å². The van der Waals surface area contributed by atoms with Gasteiger partial charge >= 0.3 is 17.9 Å². The van der Waals surface area contributed by atoms with Gasteiger partial charge in [0.1, 0.15) is 17.1 Å². The van der Waals surface area contributed by atoms with Gasteiger partial charge in [-0.05, 0) is 101 Å². The van der Waals surface area contributed by atoms with Gasteiger partial charge in [-0.1, -0.05) is 38.3 Å². The Balaban J connectivity index is 1.69. The molecule has 0 aromatic heterocycles. The molecule has 216 valence electrons. The van der Waals surface area contributed by atoms with Gasteiger partial charge in [0.15, 0.2) is 0 Å². The standard InChI is InChI=1S/C33H42O7/c1-24(2)31(35)38-22-12-10-8-7-9-11-21-37-28-17-15-27(16-18-28)32(36)39-29-19-13-26(23-25(29)3)14-20-30(34)40-33(4,5)6/h13-20,23H,1,7-12,21-22H2,2-6H3/b20-14+. The lowest BCUT2D eigenvalue weighted by Gasteiger charge is -2.17. The van der Waals surface area contributed by atoms with Crippen LogP contribution in [0.3, 0.4) is 0 Å². The van der Waals surface area contributed by atoms with E-state index in [1.165, 1.54) is 6.08 Å². The van der Waals surface area contributed by atoms with Gasteiger partial charge < -0.3 is 18.9 Å². The number of hydrogen-bond acceptors (Lipinski definition) is 7. The first-order valence-corrected chi connectivity index (χ1v) is 13.7. The molecule has 0 saturated heterocycles. The molecule has 0 heterocycles. The van der Waals surface area contributed by atoms with Crippen molar-refractivity contribution in [2.24, 2.45) is 0 Å². The molecule has 2 rings (SSSR count). The summed E-state index contributed by atoms with van der Waals surface area (Å²) in [5.74, 6) is -0.0444. The minimum atomic E-state index is -0.549. The Morgan fingerprint density at radius 1 is 0.875 bits per heavy atom. The van der Waals surface area contributed by atoms with Gasteiger partial charge in [-0.3, -0.25) is 0 Å². The first kappa shape index (κ1) is 32.3. The quantitative estimate of drug-likeness (QED) is 0.0987. The predicted octanol–water partition coefficient (Wildman–Crippen LogP) is 7.41. The average Bonchev–Trinajstić information content (AvgIpc) is 2.89. The molecule has 0 spiro atoms. The summed E-state index contributed by atoms with van der Waals surface area (Å²) in [7, 11) is 0. The Labute approximate surface area is 238 Å². The molecule has 0 aliphatic carbocycles. The fraction of sp³-hybridized carbons (Fsp3) is 0.424. The molecule has 0 bridgehead atoms. The first-order chi connectivity index (χ1) is 18.9. The maximum atomic E-state index is 12.6. The van der Waals surface area contributed by atoms with E-state index in [0.29, 0.717) is 35.8 Å². The van der Waals surface area contributed by atoms with E-state index in [1.54, 1.807) is 49.4 Å². The molecule has 0 aliphatic rings. The van der Waals surface area contributed by atoms with Gasteiger partial charge in [-0.2, -0.15) is 0 Å². The van der Waals surface area contributed by atoms with Gasteiger partial charge in [0.05, 0.1) is 18.8 Å². The van der Waals surface area contributed by atoms with E-state index < -0.39 is 17.5 Å². The second kappa shape index (κ2) is 16.3. The molecule has 7 heteroatoms. The summed E-state index contributed by atoms with van der Waals surface area (Å²) in [6.07, 6.45) is 9.12. The monoisotopic (exact) mass is 550 g/mol. The van der Waals surface area contributed by atoms with Crippen LogP contribution in [0.15, 0.2) is 60.7 Å². The van der Waals surface area contributed by atoms with Crippen molar-refractivity contribution < 1.29 is 33.3 Å². The second-order valence-corrected chi connectivity index (χ2v) is 10.7. The molecule has 7 nitrogen and oxygen atoms in total. The van der Waals surface area contributed by atoms with E-state index in [2.05, 4.69) is 6.58 Å². The van der Waals surface area contributed by atoms with Crippen LogP contribution in [0, 0.1) is 6.92 Å². The maximum absolute atomic E-state index is 12.6. The summed E-state index contributed by atoms with van der Waals surface area (Å²) in [5, 5.41) is 0. The van der Waals surface area contributed by atoms with Crippen molar-refractivity contribution in [3.05, 3.63) is 77.4 Å². The number of unbranched alkanes of at least 4 members (excludes halogenated alkanes) is 5. The van der Waals surface area contributed by atoms with Crippen LogP contribution in [-0.4, -0.2) is 36.7 Å². The molecule has 0 unspecified atom stereocenters. The molecule has 2 aromatic rings. The third-order valence-electron chi connectivity index (χ3n) is 5.70. The average molecular weight is 551 g/mol. The van der Waals surface area contributed by atoms with Gasteiger partial charge in [0.25, 0.3) is 0 Å². The highest BCUT2D eigenvalue weighted by molar-refractivity contribution is 5.91. The summed E-state index contributed by atoms with van der Waals surface area (Å²) in [6, 6.07) is 12.2. The van der Waals surface area contributed by atoms with Crippen LogP contribution in [0.1, 0.15) is 87.7 Å². The number of hydrogen-bond donors (Lipinski definition) is 0. The van der Waals surface area contributed by atoms with E-state index in [4.69, 9.17) is 18.9 Å². The van der Waals surface area contributed by atoms with Crippen LogP contribution in [0.25, 0.3) is 6.08 Å². The second-order valence-electron chi connectivity index (χ2n) is 10.7. The molecule has 40 heavy (non-hydrogen) atoms. The van der Waals surface area contributed by atoms with E-state index in [-0.39, 0.29) is 5.97 Å². The van der Waals surface area contributed by atoms with Crippen LogP contribution in [-0.2, 0) is 19.1 Å². The van der Waals surface area contributed by atoms with Crippen molar-refractivity contribution in [2.45, 2.75) is 78.7 Å². The topological polar surface area (TPSA) is 88.1 Å². The smallest absolute Gasteiger partial charge is 0.343 e. The third-order valence-corrected chi connectivity index (χ3v) is 5.70. The number of benzene rings is 2. The molecule has 2 aromatic carbocycles. The lowest BCUT2D eigenvalue weighted by Crippen LogP contribution is -2.22. The van der Waals surface area contributed by atoms with E-state index in [1.807, 2.05) is 33.8 Å². The molecule has 0 fully saturated rings. The van der Waals surface area contributed by atoms with Crippen LogP contribution in [0.2, 0.25) is 0 Å². The molecular weight excluding hydrogens is 508 g/mol. The van der Waals surface area contributed by atoms with E-state index in [0.717, 1.165) is 49.7 Å². The highest BCUT2D eigenvalue weighted by atomic mass is 16.6. The van der Waals surface area contributed by atoms with Gasteiger partial charge in [-0.25, -0.2) is 14.4 Å². The Morgan fingerprint density at radius 2 is 1.50 bits per heavy atom. The van der Waals surface area contributed by atoms with Crippen molar-refractivity contribution in [1.82, 2.24) is 0 Å². The molecular formula is C33H42O7. The summed E-state index contributed by atoms with van der Waals surface area (Å²) >= 11 is 0. The number of aryl methyl sites for hydroxylation is 1. The number of carbonyl (C=O) groups is 3. The lowest BCUT2D eigenvalue weighted by atomic mass is 10.1. The van der Waals surface area contributed by atoms with Crippen molar-refractivity contribution in [2.75, 3.05) is 13.2 Å². The Kier molecular flexibility index (Phi) is 13.2. The number of ether oxygens (including phenoxy) is 4. The molecule has 0 amide bonds. The minimum Gasteiger partial charge on any atom is -0.494 e. The summed E-state index contributed by atoms with van der Waals surface area (Å²) in [5.41, 5.74) is 1.87. The minimum absolute atomic E-state index is 0.324. The zero-order valence-electron chi connectivity index (χ0n) is 24.4. The number of carbonyl (C=O) groups excluding carboxylic acids is 3. The number of rotatable bonds is 15. The fourth-order valence-corrected chi connectivity index (χ4v) is 3.63. The Morgan fingerprint density at radius 3 is 2.10 bits per heavy atom. The highest BCUT2D eigenvalue weighted by Crippen LogP contribution is 2.22. The third kappa shape index (κ3) is 12.8. The zero-order chi connectivity index (χ0) is 29.5. The predicted molar refractivity (Wildman–Crippen MR) is 156 cm³/mol. The largest absolute Gasteiger partial charge is 0.494 e. The van der Waals surface area contributed by atoms with Crippen molar-refractivity contribution in [3.63, 3.8) is 0 Å². The summed E-state index contributed by atoms with van der Waals surface area (Å²) in [4.78, 5) is 35.8. The van der Waals surface area contributed by atoms with E-state index >= 15 is 0 Å². The normalized spacial score (nSPS) is 11.2. The molecule has 0 saturated carbocycles. The van der Waals surface area contributed by atoms with Crippen LogP contribution >= 0.6 is 0 Å². The fourth-order valence-electron chi connectivity index (χ4n) is 3.63. The Hall–Kier alpha value is -3.87. The van der Waals surface area contributed by atoms with Crippen LogP contribution in [0.5, 0.6) is 11.5 Å². The zero-order valence-corrected chi connectivity index (χ0v) is 24.4. The molecule has 0 N–H and O–H groups in total. The summed E-state index contributed by atoms with van der Waals surface area (Å²) in [6.45, 7) is 13.5. The van der Waals surface area contributed by atoms with Crippen molar-refractivity contribution in [1.29, 1.82) is 0 Å². The van der Waals surface area contributed by atoms with E-state index in [9.17, 15) is 14.4 Å². The Bertz CT molecular complexity index is 1170. The first-order valence-electron chi connectivity index (χ1n) is 13.7. The number of esters is 3. The van der Waals surface area contributed by atoms with Crippen LogP contribution in [0.4, 0.5) is 0 Å². The SMILES string of the molecule is C=C(C)C(=O)OCCCCCCCCOc1ccc(C(=O)Oc2ccc(/C=C/C(=O)OC(C)(C)C)cc2C)cc1. The molecule has 0 atom stereocenters. The van der Waals surface area contributed by atoms with Gasteiger partial charge in [-0.15, -0.1) is 0 Å². The molecule has 0 radical (unpaired) electrons. The summed E-state index contributed by atoms with van der Waals surface area (Å²) < 4.78 is 21.7. The van der Waals surface area contributed by atoms with Gasteiger partial charge in [0, 0.05) is 11.6 Å².